The second kappa shape index (κ2) is 10.3. The number of aliphatic imine (C=N–C) groups is 1. The van der Waals surface area contributed by atoms with Crippen LogP contribution < -0.4 is 20.1 Å². The minimum atomic E-state index is 0. The number of benzene rings is 1. The molecule has 1 aromatic heterocycles. The average Bonchev–Trinajstić information content (AvgIpc) is 3.06. The van der Waals surface area contributed by atoms with Gasteiger partial charge in [-0.1, -0.05) is 6.07 Å². The molecule has 1 heterocycles. The number of nitrogens with one attached hydrogen (secondary N) is 2. The van der Waals surface area contributed by atoms with E-state index < -0.39 is 0 Å². The second-order valence-electron chi connectivity index (χ2n) is 4.47. The predicted octanol–water partition coefficient (Wildman–Crippen LogP) is 3.96. The number of rotatable bonds is 6. The monoisotopic (exact) mass is 447 g/mol. The molecule has 2 aromatic rings. The van der Waals surface area contributed by atoms with E-state index in [1.54, 1.807) is 25.6 Å². The van der Waals surface area contributed by atoms with Crippen LogP contribution in [0.25, 0.3) is 0 Å². The molecule has 0 bridgehead atoms. The molecule has 0 saturated heterocycles. The number of nitrogens with zero attached hydrogens (tertiary/aromatic N) is 1. The van der Waals surface area contributed by atoms with Crippen molar-refractivity contribution in [2.75, 3.05) is 26.1 Å². The van der Waals surface area contributed by atoms with Crippen molar-refractivity contribution >= 4 is 47.0 Å². The normalized spacial score (nSPS) is 10.7. The van der Waals surface area contributed by atoms with E-state index in [9.17, 15) is 0 Å². The van der Waals surface area contributed by atoms with Gasteiger partial charge in [-0.05, 0) is 30.5 Å². The Bertz CT molecular complexity index is 618. The summed E-state index contributed by atoms with van der Waals surface area (Å²) in [5.74, 6) is 2.12. The molecule has 0 radical (unpaired) electrons. The Morgan fingerprint density at radius 1 is 1.17 bits per heavy atom. The molecule has 2 rings (SSSR count). The van der Waals surface area contributed by atoms with Crippen LogP contribution in [0.1, 0.15) is 11.8 Å². The van der Waals surface area contributed by atoms with E-state index >= 15 is 0 Å². The van der Waals surface area contributed by atoms with Gasteiger partial charge in [0.05, 0.1) is 20.8 Å². The number of halogens is 1. The molecule has 1 aromatic carbocycles. The number of hydrogen-bond donors (Lipinski definition) is 2. The van der Waals surface area contributed by atoms with E-state index in [-0.39, 0.29) is 24.0 Å². The highest BCUT2D eigenvalue weighted by atomic mass is 127. The van der Waals surface area contributed by atoms with Gasteiger partial charge in [-0.15, -0.1) is 35.3 Å². The third kappa shape index (κ3) is 5.91. The van der Waals surface area contributed by atoms with Crippen LogP contribution >= 0.6 is 35.3 Å². The van der Waals surface area contributed by atoms with Crippen LogP contribution in [0.3, 0.4) is 0 Å². The van der Waals surface area contributed by atoms with Crippen molar-refractivity contribution in [3.8, 4) is 11.5 Å². The Labute approximate surface area is 158 Å². The zero-order valence-electron chi connectivity index (χ0n) is 13.5. The molecule has 126 valence electrons. The van der Waals surface area contributed by atoms with Crippen LogP contribution in [0.15, 0.2) is 40.7 Å². The SMILES string of the molecule is CCNC(=NCc1cccs1)Nc1ccc(OC)c(OC)c1.I. The molecule has 0 amide bonds. The number of thiophene rings is 1. The summed E-state index contributed by atoms with van der Waals surface area (Å²) in [6.07, 6.45) is 0. The molecule has 2 N–H and O–H groups in total. The van der Waals surface area contributed by atoms with Crippen molar-refractivity contribution in [1.29, 1.82) is 0 Å². The first-order valence-electron chi connectivity index (χ1n) is 7.06. The average molecular weight is 447 g/mol. The van der Waals surface area contributed by atoms with Crippen LogP contribution in [0.4, 0.5) is 5.69 Å². The number of anilines is 1. The predicted molar refractivity (Wildman–Crippen MR) is 108 cm³/mol. The molecule has 0 atom stereocenters. The van der Waals surface area contributed by atoms with Gasteiger partial charge in [0.25, 0.3) is 0 Å². The summed E-state index contributed by atoms with van der Waals surface area (Å²) in [6, 6.07) is 9.79. The van der Waals surface area contributed by atoms with Gasteiger partial charge in [-0.3, -0.25) is 0 Å². The molecule has 23 heavy (non-hydrogen) atoms. The summed E-state index contributed by atoms with van der Waals surface area (Å²) in [7, 11) is 3.25. The van der Waals surface area contributed by atoms with Crippen molar-refractivity contribution in [3.63, 3.8) is 0 Å². The smallest absolute Gasteiger partial charge is 0.196 e. The molecule has 0 fully saturated rings. The van der Waals surface area contributed by atoms with E-state index in [2.05, 4.69) is 27.1 Å². The van der Waals surface area contributed by atoms with Gasteiger partial charge in [0, 0.05) is 23.2 Å². The van der Waals surface area contributed by atoms with Gasteiger partial charge >= 0.3 is 0 Å². The van der Waals surface area contributed by atoms with Crippen LogP contribution in [0, 0.1) is 0 Å². The molecule has 5 nitrogen and oxygen atoms in total. The lowest BCUT2D eigenvalue weighted by Crippen LogP contribution is -2.30. The summed E-state index contributed by atoms with van der Waals surface area (Å²) < 4.78 is 10.6. The summed E-state index contributed by atoms with van der Waals surface area (Å²) in [6.45, 7) is 3.49. The van der Waals surface area contributed by atoms with Crippen molar-refractivity contribution in [2.24, 2.45) is 4.99 Å². The number of ether oxygens (including phenoxy) is 2. The fourth-order valence-corrected chi connectivity index (χ4v) is 2.55. The van der Waals surface area contributed by atoms with Gasteiger partial charge in [0.2, 0.25) is 0 Å². The molecule has 0 aliphatic heterocycles. The minimum absolute atomic E-state index is 0. The number of hydrogen-bond acceptors (Lipinski definition) is 4. The van der Waals surface area contributed by atoms with Crippen molar-refractivity contribution in [2.45, 2.75) is 13.5 Å². The summed E-state index contributed by atoms with van der Waals surface area (Å²) in [5, 5.41) is 8.56. The van der Waals surface area contributed by atoms with E-state index in [4.69, 9.17) is 9.47 Å². The molecule has 0 unspecified atom stereocenters. The van der Waals surface area contributed by atoms with E-state index in [0.717, 1.165) is 18.2 Å². The summed E-state index contributed by atoms with van der Waals surface area (Å²) in [4.78, 5) is 5.81. The third-order valence-corrected chi connectivity index (χ3v) is 3.82. The summed E-state index contributed by atoms with van der Waals surface area (Å²) in [5.41, 5.74) is 0.892. The van der Waals surface area contributed by atoms with E-state index in [1.165, 1.54) is 4.88 Å². The quantitative estimate of drug-likeness (QED) is 0.400. The minimum Gasteiger partial charge on any atom is -0.493 e. The first-order chi connectivity index (χ1) is 10.8. The lowest BCUT2D eigenvalue weighted by molar-refractivity contribution is 0.355. The number of methoxy groups -OCH3 is 2. The van der Waals surface area contributed by atoms with Gasteiger partial charge in [-0.25, -0.2) is 4.99 Å². The second-order valence-corrected chi connectivity index (χ2v) is 5.50. The molecule has 0 aliphatic carbocycles. The van der Waals surface area contributed by atoms with Crippen LogP contribution in [0.5, 0.6) is 11.5 Å². The van der Waals surface area contributed by atoms with Gasteiger partial charge < -0.3 is 20.1 Å². The highest BCUT2D eigenvalue weighted by Gasteiger charge is 2.06. The van der Waals surface area contributed by atoms with Gasteiger partial charge in [0.15, 0.2) is 17.5 Å². The van der Waals surface area contributed by atoms with Crippen LogP contribution in [-0.4, -0.2) is 26.7 Å². The van der Waals surface area contributed by atoms with Crippen molar-refractivity contribution < 1.29 is 9.47 Å². The Balaban J connectivity index is 0.00000264. The third-order valence-electron chi connectivity index (χ3n) is 2.96. The maximum Gasteiger partial charge on any atom is 0.196 e. The molecular weight excluding hydrogens is 425 g/mol. The van der Waals surface area contributed by atoms with Crippen LogP contribution in [0.2, 0.25) is 0 Å². The fraction of sp³-hybridized carbons (Fsp3) is 0.312. The van der Waals surface area contributed by atoms with Crippen LogP contribution in [-0.2, 0) is 6.54 Å². The molecule has 0 saturated carbocycles. The highest BCUT2D eigenvalue weighted by molar-refractivity contribution is 14.0. The lowest BCUT2D eigenvalue weighted by atomic mass is 10.3. The zero-order chi connectivity index (χ0) is 15.8. The zero-order valence-corrected chi connectivity index (χ0v) is 16.6. The van der Waals surface area contributed by atoms with Crippen molar-refractivity contribution in [1.82, 2.24) is 5.32 Å². The largest absolute Gasteiger partial charge is 0.493 e. The maximum absolute atomic E-state index is 5.31. The Morgan fingerprint density at radius 3 is 2.57 bits per heavy atom. The molecular formula is C16H22IN3O2S. The Kier molecular flexibility index (Phi) is 8.78. The van der Waals surface area contributed by atoms with Gasteiger partial charge in [0.1, 0.15) is 0 Å². The Hall–Kier alpha value is -1.48. The molecule has 0 aliphatic rings. The first-order valence-corrected chi connectivity index (χ1v) is 7.94. The van der Waals surface area contributed by atoms with Crippen molar-refractivity contribution in [3.05, 3.63) is 40.6 Å². The standard InChI is InChI=1S/C16H21N3O2S.HI/c1-4-17-16(18-11-13-6-5-9-22-13)19-12-7-8-14(20-2)15(10-12)21-3;/h5-10H,4,11H2,1-3H3,(H2,17,18,19);1H. The molecule has 0 spiro atoms. The first kappa shape index (κ1) is 19.6. The summed E-state index contributed by atoms with van der Waals surface area (Å²) >= 11 is 1.70. The number of guanidine groups is 1. The highest BCUT2D eigenvalue weighted by Crippen LogP contribution is 2.29. The van der Waals surface area contributed by atoms with Gasteiger partial charge in [-0.2, -0.15) is 0 Å². The van der Waals surface area contributed by atoms with E-state index in [0.29, 0.717) is 18.0 Å². The topological polar surface area (TPSA) is 54.9 Å². The van der Waals surface area contributed by atoms with E-state index in [1.807, 2.05) is 31.2 Å². The maximum atomic E-state index is 5.31. The Morgan fingerprint density at radius 2 is 1.96 bits per heavy atom. The fourth-order valence-electron chi connectivity index (χ4n) is 1.92. The lowest BCUT2D eigenvalue weighted by Gasteiger charge is -2.13. The molecule has 7 heteroatoms.